The van der Waals surface area contributed by atoms with Gasteiger partial charge in [0.2, 0.25) is 5.91 Å². The number of phenolic OH excluding ortho intramolecular Hbond substituents is 1. The Labute approximate surface area is 82.8 Å². The van der Waals surface area contributed by atoms with E-state index in [0.717, 1.165) is 24.9 Å². The first-order chi connectivity index (χ1) is 6.75. The highest BCUT2D eigenvalue weighted by Crippen LogP contribution is 2.27. The van der Waals surface area contributed by atoms with Crippen molar-refractivity contribution < 1.29 is 9.90 Å². The summed E-state index contributed by atoms with van der Waals surface area (Å²) in [6, 6.07) is 6.53. The third kappa shape index (κ3) is 1.87. The second kappa shape index (κ2) is 3.70. The average Bonchev–Trinajstić information content (AvgIpc) is 2.06. The van der Waals surface area contributed by atoms with Crippen LogP contribution < -0.4 is 5.32 Å². The van der Waals surface area contributed by atoms with Gasteiger partial charge >= 0.3 is 0 Å². The van der Waals surface area contributed by atoms with E-state index >= 15 is 0 Å². The predicted molar refractivity (Wildman–Crippen MR) is 54.1 cm³/mol. The van der Waals surface area contributed by atoms with Crippen LogP contribution in [0.3, 0.4) is 0 Å². The summed E-state index contributed by atoms with van der Waals surface area (Å²) >= 11 is 0. The van der Waals surface area contributed by atoms with Crippen molar-refractivity contribution >= 4 is 11.6 Å². The fraction of sp³-hybridized carbons (Fsp3) is 0.364. The number of carbonyl (C=O) groups is 1. The van der Waals surface area contributed by atoms with Crippen molar-refractivity contribution in [2.24, 2.45) is 5.92 Å². The van der Waals surface area contributed by atoms with Crippen molar-refractivity contribution in [1.29, 1.82) is 0 Å². The number of benzene rings is 1. The van der Waals surface area contributed by atoms with Crippen LogP contribution in [0.15, 0.2) is 24.3 Å². The van der Waals surface area contributed by atoms with Gasteiger partial charge in [-0.2, -0.15) is 0 Å². The molecule has 0 heterocycles. The van der Waals surface area contributed by atoms with Crippen LogP contribution in [0.5, 0.6) is 5.75 Å². The molecule has 0 unspecified atom stereocenters. The summed E-state index contributed by atoms with van der Waals surface area (Å²) in [5.41, 5.74) is 0.750. The van der Waals surface area contributed by atoms with Gasteiger partial charge in [-0.15, -0.1) is 0 Å². The van der Waals surface area contributed by atoms with Gasteiger partial charge in [0.25, 0.3) is 0 Å². The van der Waals surface area contributed by atoms with E-state index in [1.807, 2.05) is 0 Å². The van der Waals surface area contributed by atoms with Crippen LogP contribution in [0.2, 0.25) is 0 Å². The van der Waals surface area contributed by atoms with Crippen LogP contribution in [0, 0.1) is 5.92 Å². The molecule has 1 saturated carbocycles. The summed E-state index contributed by atoms with van der Waals surface area (Å²) < 4.78 is 0. The SMILES string of the molecule is O=C(Nc1ccc(O)cc1)C1CCC1. The molecule has 3 heteroatoms. The van der Waals surface area contributed by atoms with E-state index in [1.165, 1.54) is 0 Å². The minimum Gasteiger partial charge on any atom is -0.508 e. The smallest absolute Gasteiger partial charge is 0.227 e. The summed E-state index contributed by atoms with van der Waals surface area (Å²) in [7, 11) is 0. The Morgan fingerprint density at radius 3 is 2.43 bits per heavy atom. The lowest BCUT2D eigenvalue weighted by molar-refractivity contribution is -0.122. The van der Waals surface area contributed by atoms with Gasteiger partial charge in [0.15, 0.2) is 0 Å². The van der Waals surface area contributed by atoms with E-state index in [1.54, 1.807) is 24.3 Å². The quantitative estimate of drug-likeness (QED) is 0.703. The van der Waals surface area contributed by atoms with Gasteiger partial charge in [0.1, 0.15) is 5.75 Å². The Hall–Kier alpha value is -1.51. The Morgan fingerprint density at radius 2 is 1.93 bits per heavy atom. The molecule has 1 amide bonds. The molecular formula is C11H13NO2. The van der Waals surface area contributed by atoms with E-state index in [9.17, 15) is 4.79 Å². The zero-order valence-electron chi connectivity index (χ0n) is 7.86. The first-order valence-corrected chi connectivity index (χ1v) is 4.85. The van der Waals surface area contributed by atoms with Crippen LogP contribution in [-0.4, -0.2) is 11.0 Å². The summed E-state index contributed by atoms with van der Waals surface area (Å²) in [6.45, 7) is 0. The molecule has 0 bridgehead atoms. The van der Waals surface area contributed by atoms with Gasteiger partial charge in [0.05, 0.1) is 0 Å². The maximum atomic E-state index is 11.5. The number of amides is 1. The predicted octanol–water partition coefficient (Wildman–Crippen LogP) is 2.13. The van der Waals surface area contributed by atoms with Crippen LogP contribution in [-0.2, 0) is 4.79 Å². The Bertz CT molecular complexity index is 328. The number of hydrogen-bond donors (Lipinski definition) is 2. The number of phenols is 1. The zero-order chi connectivity index (χ0) is 9.97. The molecule has 0 aromatic heterocycles. The number of aromatic hydroxyl groups is 1. The Kier molecular flexibility index (Phi) is 2.39. The minimum atomic E-state index is 0.0990. The molecule has 2 rings (SSSR count). The second-order valence-corrected chi connectivity index (χ2v) is 3.66. The van der Waals surface area contributed by atoms with Crippen molar-refractivity contribution in [3.63, 3.8) is 0 Å². The van der Waals surface area contributed by atoms with E-state index < -0.39 is 0 Å². The standard InChI is InChI=1S/C11H13NO2/c13-10-6-4-9(5-7-10)12-11(14)8-2-1-3-8/h4-8,13H,1-3H2,(H,12,14). The zero-order valence-corrected chi connectivity index (χ0v) is 7.86. The van der Waals surface area contributed by atoms with E-state index in [-0.39, 0.29) is 17.6 Å². The lowest BCUT2D eigenvalue weighted by atomic mass is 9.85. The van der Waals surface area contributed by atoms with Gasteiger partial charge in [-0.25, -0.2) is 0 Å². The molecule has 0 spiro atoms. The van der Waals surface area contributed by atoms with Crippen LogP contribution in [0.1, 0.15) is 19.3 Å². The number of carbonyl (C=O) groups excluding carboxylic acids is 1. The first kappa shape index (κ1) is 9.06. The fourth-order valence-corrected chi connectivity index (χ4v) is 1.46. The van der Waals surface area contributed by atoms with E-state index in [4.69, 9.17) is 5.11 Å². The van der Waals surface area contributed by atoms with Crippen molar-refractivity contribution in [2.45, 2.75) is 19.3 Å². The van der Waals surface area contributed by atoms with Gasteiger partial charge in [-0.05, 0) is 37.1 Å². The number of nitrogens with one attached hydrogen (secondary N) is 1. The highest BCUT2D eigenvalue weighted by atomic mass is 16.3. The topological polar surface area (TPSA) is 49.3 Å². The van der Waals surface area contributed by atoms with Crippen LogP contribution in [0.4, 0.5) is 5.69 Å². The lowest BCUT2D eigenvalue weighted by Crippen LogP contribution is -2.27. The normalized spacial score (nSPS) is 16.0. The summed E-state index contributed by atoms with van der Waals surface area (Å²) in [5, 5.41) is 11.9. The highest BCUT2D eigenvalue weighted by Gasteiger charge is 2.24. The maximum Gasteiger partial charge on any atom is 0.227 e. The van der Waals surface area contributed by atoms with Crippen LogP contribution in [0.25, 0.3) is 0 Å². The van der Waals surface area contributed by atoms with Gasteiger partial charge in [0, 0.05) is 11.6 Å². The largest absolute Gasteiger partial charge is 0.508 e. The molecule has 0 saturated heterocycles. The molecule has 14 heavy (non-hydrogen) atoms. The fourth-order valence-electron chi connectivity index (χ4n) is 1.46. The molecule has 1 fully saturated rings. The molecule has 0 radical (unpaired) electrons. The highest BCUT2D eigenvalue weighted by molar-refractivity contribution is 5.93. The monoisotopic (exact) mass is 191 g/mol. The van der Waals surface area contributed by atoms with Crippen molar-refractivity contribution in [1.82, 2.24) is 0 Å². The number of rotatable bonds is 2. The molecular weight excluding hydrogens is 178 g/mol. The summed E-state index contributed by atoms with van der Waals surface area (Å²) in [4.78, 5) is 11.5. The van der Waals surface area contributed by atoms with E-state index in [0.29, 0.717) is 0 Å². The summed E-state index contributed by atoms with van der Waals surface area (Å²) in [6.07, 6.45) is 3.17. The molecule has 1 aromatic rings. The van der Waals surface area contributed by atoms with Crippen molar-refractivity contribution in [2.75, 3.05) is 5.32 Å². The second-order valence-electron chi connectivity index (χ2n) is 3.66. The third-order valence-electron chi connectivity index (χ3n) is 2.61. The molecule has 0 atom stereocenters. The maximum absolute atomic E-state index is 11.5. The minimum absolute atomic E-state index is 0.0990. The molecule has 1 aromatic carbocycles. The molecule has 2 N–H and O–H groups in total. The van der Waals surface area contributed by atoms with Gasteiger partial charge in [-0.1, -0.05) is 6.42 Å². The molecule has 3 nitrogen and oxygen atoms in total. The van der Waals surface area contributed by atoms with Crippen LogP contribution >= 0.6 is 0 Å². The molecule has 0 aliphatic heterocycles. The number of hydrogen-bond acceptors (Lipinski definition) is 2. The first-order valence-electron chi connectivity index (χ1n) is 4.85. The lowest BCUT2D eigenvalue weighted by Gasteiger charge is -2.23. The van der Waals surface area contributed by atoms with Gasteiger partial charge < -0.3 is 10.4 Å². The van der Waals surface area contributed by atoms with Gasteiger partial charge in [-0.3, -0.25) is 4.79 Å². The molecule has 1 aliphatic rings. The molecule has 1 aliphatic carbocycles. The van der Waals surface area contributed by atoms with Crippen molar-refractivity contribution in [3.05, 3.63) is 24.3 Å². The van der Waals surface area contributed by atoms with E-state index in [2.05, 4.69) is 5.32 Å². The third-order valence-corrected chi connectivity index (χ3v) is 2.61. The summed E-state index contributed by atoms with van der Waals surface area (Å²) in [5.74, 6) is 0.511. The van der Waals surface area contributed by atoms with Crippen molar-refractivity contribution in [3.8, 4) is 5.75 Å². The Balaban J connectivity index is 1.96. The number of anilines is 1. The molecule has 74 valence electrons. The Morgan fingerprint density at radius 1 is 1.29 bits per heavy atom. The average molecular weight is 191 g/mol.